The van der Waals surface area contributed by atoms with E-state index in [-0.39, 0.29) is 12.0 Å². The van der Waals surface area contributed by atoms with Crippen molar-refractivity contribution in [2.24, 2.45) is 7.05 Å². The van der Waals surface area contributed by atoms with Crippen molar-refractivity contribution in [2.75, 3.05) is 13.7 Å². The predicted octanol–water partition coefficient (Wildman–Crippen LogP) is 1.02. The molecule has 0 fully saturated rings. The fourth-order valence-corrected chi connectivity index (χ4v) is 1.55. The van der Waals surface area contributed by atoms with Crippen molar-refractivity contribution in [2.45, 2.75) is 25.8 Å². The number of nitrogens with one attached hydrogen (secondary N) is 1. The van der Waals surface area contributed by atoms with Gasteiger partial charge in [-0.25, -0.2) is 4.98 Å². The van der Waals surface area contributed by atoms with Gasteiger partial charge >= 0.3 is 5.97 Å². The van der Waals surface area contributed by atoms with Crippen molar-refractivity contribution in [1.82, 2.24) is 14.9 Å². The zero-order valence-electron chi connectivity index (χ0n) is 10.1. The summed E-state index contributed by atoms with van der Waals surface area (Å²) in [6.45, 7) is 2.96. The maximum atomic E-state index is 11.3. The molecule has 0 bridgehead atoms. The molecule has 1 aromatic rings. The Morgan fingerprint density at radius 1 is 1.69 bits per heavy atom. The SMILES string of the molecule is CCCNC(CC(=O)OC)c1cncn1C. The number of nitrogens with zero attached hydrogens (tertiary/aromatic N) is 2. The van der Waals surface area contributed by atoms with Crippen LogP contribution in [-0.2, 0) is 16.6 Å². The standard InChI is InChI=1S/C11H19N3O2/c1-4-5-13-9(6-11(15)16-3)10-7-12-8-14(10)2/h7-9,13H,4-6H2,1-3H3. The van der Waals surface area contributed by atoms with Crippen LogP contribution in [0.15, 0.2) is 12.5 Å². The molecule has 90 valence electrons. The maximum Gasteiger partial charge on any atom is 0.307 e. The van der Waals surface area contributed by atoms with Crippen LogP contribution in [0.3, 0.4) is 0 Å². The number of carbonyl (C=O) groups excluding carboxylic acids is 1. The first-order valence-electron chi connectivity index (χ1n) is 5.45. The summed E-state index contributed by atoms with van der Waals surface area (Å²) < 4.78 is 6.60. The van der Waals surface area contributed by atoms with Crippen LogP contribution in [0.25, 0.3) is 0 Å². The lowest BCUT2D eigenvalue weighted by atomic mass is 10.1. The highest BCUT2D eigenvalue weighted by atomic mass is 16.5. The summed E-state index contributed by atoms with van der Waals surface area (Å²) in [4.78, 5) is 15.4. The Morgan fingerprint density at radius 2 is 2.44 bits per heavy atom. The molecule has 0 amide bonds. The van der Waals surface area contributed by atoms with Crippen molar-refractivity contribution in [1.29, 1.82) is 0 Å². The molecule has 0 saturated carbocycles. The Kier molecular flexibility index (Phi) is 4.98. The molecular formula is C11H19N3O2. The normalized spacial score (nSPS) is 12.4. The van der Waals surface area contributed by atoms with E-state index in [0.29, 0.717) is 6.42 Å². The quantitative estimate of drug-likeness (QED) is 0.734. The van der Waals surface area contributed by atoms with Gasteiger partial charge in [0.2, 0.25) is 0 Å². The van der Waals surface area contributed by atoms with Gasteiger partial charge < -0.3 is 14.6 Å². The summed E-state index contributed by atoms with van der Waals surface area (Å²) in [6, 6.07) is -0.0279. The molecule has 0 aliphatic heterocycles. The van der Waals surface area contributed by atoms with Gasteiger partial charge in [-0.2, -0.15) is 0 Å². The first kappa shape index (κ1) is 12.7. The summed E-state index contributed by atoms with van der Waals surface area (Å²) in [5.41, 5.74) is 0.999. The first-order valence-corrected chi connectivity index (χ1v) is 5.45. The number of hydrogen-bond acceptors (Lipinski definition) is 4. The highest BCUT2D eigenvalue weighted by Gasteiger charge is 2.18. The van der Waals surface area contributed by atoms with Crippen molar-refractivity contribution in [3.63, 3.8) is 0 Å². The van der Waals surface area contributed by atoms with E-state index in [4.69, 9.17) is 0 Å². The number of imidazole rings is 1. The molecule has 5 nitrogen and oxygen atoms in total. The molecule has 0 saturated heterocycles. The number of ether oxygens (including phenoxy) is 1. The Morgan fingerprint density at radius 3 is 2.94 bits per heavy atom. The Balaban J connectivity index is 2.71. The number of aromatic nitrogens is 2. The lowest BCUT2D eigenvalue weighted by Gasteiger charge is -2.17. The molecule has 1 atom stereocenters. The van der Waals surface area contributed by atoms with Crippen LogP contribution in [0, 0.1) is 0 Å². The largest absolute Gasteiger partial charge is 0.469 e. The van der Waals surface area contributed by atoms with Crippen molar-refractivity contribution >= 4 is 5.97 Å². The molecule has 0 radical (unpaired) electrons. The molecule has 5 heteroatoms. The van der Waals surface area contributed by atoms with Gasteiger partial charge in [0.15, 0.2) is 0 Å². The number of rotatable bonds is 6. The minimum Gasteiger partial charge on any atom is -0.469 e. The van der Waals surface area contributed by atoms with E-state index in [9.17, 15) is 4.79 Å². The molecule has 0 aliphatic rings. The summed E-state index contributed by atoms with van der Waals surface area (Å²) in [6.07, 6.45) is 4.86. The second-order valence-electron chi connectivity index (χ2n) is 3.72. The fourth-order valence-electron chi connectivity index (χ4n) is 1.55. The minimum atomic E-state index is -0.213. The predicted molar refractivity (Wildman–Crippen MR) is 60.9 cm³/mol. The molecule has 1 heterocycles. The van der Waals surface area contributed by atoms with E-state index in [1.165, 1.54) is 7.11 Å². The van der Waals surface area contributed by atoms with E-state index in [1.54, 1.807) is 12.5 Å². The molecule has 0 aliphatic carbocycles. The lowest BCUT2D eigenvalue weighted by molar-refractivity contribution is -0.141. The van der Waals surface area contributed by atoms with Crippen LogP contribution in [0.4, 0.5) is 0 Å². The monoisotopic (exact) mass is 225 g/mol. The molecular weight excluding hydrogens is 206 g/mol. The van der Waals surface area contributed by atoms with E-state index < -0.39 is 0 Å². The van der Waals surface area contributed by atoms with Gasteiger partial charge in [0, 0.05) is 13.2 Å². The maximum absolute atomic E-state index is 11.3. The molecule has 1 rings (SSSR count). The second kappa shape index (κ2) is 6.27. The number of methoxy groups -OCH3 is 1. The average Bonchev–Trinajstić information content (AvgIpc) is 2.70. The van der Waals surface area contributed by atoms with E-state index in [2.05, 4.69) is 22.0 Å². The van der Waals surface area contributed by atoms with Crippen LogP contribution >= 0.6 is 0 Å². The highest BCUT2D eigenvalue weighted by molar-refractivity contribution is 5.70. The smallest absolute Gasteiger partial charge is 0.307 e. The summed E-state index contributed by atoms with van der Waals surface area (Å²) in [5, 5.41) is 3.32. The third kappa shape index (κ3) is 3.34. The highest BCUT2D eigenvalue weighted by Crippen LogP contribution is 2.16. The Labute approximate surface area is 95.8 Å². The number of carbonyl (C=O) groups is 1. The molecule has 1 aromatic heterocycles. The minimum absolute atomic E-state index is 0.0279. The Bertz CT molecular complexity index is 336. The van der Waals surface area contributed by atoms with Gasteiger partial charge in [-0.05, 0) is 13.0 Å². The van der Waals surface area contributed by atoms with E-state index >= 15 is 0 Å². The molecule has 1 unspecified atom stereocenters. The zero-order valence-corrected chi connectivity index (χ0v) is 10.1. The van der Waals surface area contributed by atoms with Gasteiger partial charge in [-0.15, -0.1) is 0 Å². The Hall–Kier alpha value is -1.36. The average molecular weight is 225 g/mol. The summed E-state index contributed by atoms with van der Waals surface area (Å²) in [5.74, 6) is -0.213. The zero-order chi connectivity index (χ0) is 12.0. The van der Waals surface area contributed by atoms with Crippen LogP contribution < -0.4 is 5.32 Å². The first-order chi connectivity index (χ1) is 7.69. The van der Waals surface area contributed by atoms with Gasteiger partial charge in [0.05, 0.1) is 31.6 Å². The van der Waals surface area contributed by atoms with Crippen LogP contribution in [0.1, 0.15) is 31.5 Å². The lowest BCUT2D eigenvalue weighted by Crippen LogP contribution is -2.26. The molecule has 1 N–H and O–H groups in total. The molecule has 16 heavy (non-hydrogen) atoms. The van der Waals surface area contributed by atoms with Crippen molar-refractivity contribution in [3.05, 3.63) is 18.2 Å². The van der Waals surface area contributed by atoms with Gasteiger partial charge in [0.25, 0.3) is 0 Å². The number of hydrogen-bond donors (Lipinski definition) is 1. The van der Waals surface area contributed by atoms with E-state index in [1.807, 2.05) is 11.6 Å². The van der Waals surface area contributed by atoms with Crippen LogP contribution in [0.5, 0.6) is 0 Å². The number of aryl methyl sites for hydroxylation is 1. The van der Waals surface area contributed by atoms with Gasteiger partial charge in [-0.3, -0.25) is 4.79 Å². The van der Waals surface area contributed by atoms with Crippen LogP contribution in [-0.4, -0.2) is 29.2 Å². The topological polar surface area (TPSA) is 56.1 Å². The fraction of sp³-hybridized carbons (Fsp3) is 0.636. The van der Waals surface area contributed by atoms with Gasteiger partial charge in [0.1, 0.15) is 0 Å². The summed E-state index contributed by atoms with van der Waals surface area (Å²) in [7, 11) is 3.32. The molecule has 0 aromatic carbocycles. The van der Waals surface area contributed by atoms with Gasteiger partial charge in [-0.1, -0.05) is 6.92 Å². The third-order valence-electron chi connectivity index (χ3n) is 2.45. The van der Waals surface area contributed by atoms with Crippen LogP contribution in [0.2, 0.25) is 0 Å². The van der Waals surface area contributed by atoms with Crippen molar-refractivity contribution in [3.8, 4) is 0 Å². The summed E-state index contributed by atoms with van der Waals surface area (Å²) >= 11 is 0. The van der Waals surface area contributed by atoms with Crippen molar-refractivity contribution < 1.29 is 9.53 Å². The molecule has 0 spiro atoms. The van der Waals surface area contributed by atoms with E-state index in [0.717, 1.165) is 18.7 Å². The second-order valence-corrected chi connectivity index (χ2v) is 3.72. The third-order valence-corrected chi connectivity index (χ3v) is 2.45. The number of esters is 1.